The van der Waals surface area contributed by atoms with Crippen LogP contribution in [0.5, 0.6) is 5.75 Å². The van der Waals surface area contributed by atoms with Crippen molar-refractivity contribution >= 4 is 35.2 Å². The zero-order valence-electron chi connectivity index (χ0n) is 13.0. The van der Waals surface area contributed by atoms with Crippen LogP contribution in [-0.2, 0) is 11.2 Å². The van der Waals surface area contributed by atoms with Crippen molar-refractivity contribution < 1.29 is 27.8 Å². The number of ether oxygens (including phenoxy) is 1. The van der Waals surface area contributed by atoms with E-state index in [-0.39, 0.29) is 16.3 Å². The molecule has 0 amide bonds. The Balaban J connectivity index is 2.03. The number of carboxylic acids is 1. The predicted octanol–water partition coefficient (Wildman–Crippen LogP) is 5.38. The Morgan fingerprint density at radius 3 is 2.42 bits per heavy atom. The van der Waals surface area contributed by atoms with Gasteiger partial charge in [-0.2, -0.15) is 13.2 Å². The molecular weight excluding hydrogens is 392 g/mol. The number of hydrogen-bond donors (Lipinski definition) is 1. The van der Waals surface area contributed by atoms with Crippen LogP contribution in [-0.4, -0.2) is 23.4 Å². The van der Waals surface area contributed by atoms with Crippen molar-refractivity contribution in [2.75, 3.05) is 0 Å². The fraction of sp³-hybridized carbons (Fsp3) is 0.167. The van der Waals surface area contributed by atoms with Gasteiger partial charge in [0.05, 0.1) is 5.57 Å². The monoisotopic (exact) mass is 402 g/mol. The number of hydrogen-bond acceptors (Lipinski definition) is 2. The highest BCUT2D eigenvalue weighted by Gasteiger charge is 2.48. The van der Waals surface area contributed by atoms with E-state index >= 15 is 0 Å². The Morgan fingerprint density at radius 1 is 1.12 bits per heavy atom. The zero-order chi connectivity index (χ0) is 19.1. The molecule has 3 nitrogen and oxygen atoms in total. The maximum absolute atomic E-state index is 13.2. The molecule has 0 aliphatic carbocycles. The van der Waals surface area contributed by atoms with Crippen LogP contribution < -0.4 is 4.74 Å². The van der Waals surface area contributed by atoms with Gasteiger partial charge in [0.2, 0.25) is 6.10 Å². The van der Waals surface area contributed by atoms with Gasteiger partial charge in [-0.25, -0.2) is 4.79 Å². The Morgan fingerprint density at radius 2 is 1.81 bits per heavy atom. The van der Waals surface area contributed by atoms with Crippen molar-refractivity contribution in [1.29, 1.82) is 0 Å². The number of aliphatic carboxylic acids is 1. The average Bonchev–Trinajstić information content (AvgIpc) is 2.55. The van der Waals surface area contributed by atoms with Gasteiger partial charge in [0.1, 0.15) is 5.75 Å². The van der Waals surface area contributed by atoms with Gasteiger partial charge < -0.3 is 9.84 Å². The van der Waals surface area contributed by atoms with Gasteiger partial charge in [-0.05, 0) is 35.4 Å². The van der Waals surface area contributed by atoms with E-state index < -0.39 is 23.8 Å². The molecule has 0 spiro atoms. The summed E-state index contributed by atoms with van der Waals surface area (Å²) in [6.45, 7) is 0. The lowest BCUT2D eigenvalue weighted by atomic mass is 9.97. The van der Waals surface area contributed by atoms with E-state index in [2.05, 4.69) is 0 Å². The summed E-state index contributed by atoms with van der Waals surface area (Å²) >= 11 is 12.3. The van der Waals surface area contributed by atoms with Gasteiger partial charge in [0.25, 0.3) is 0 Å². The summed E-state index contributed by atoms with van der Waals surface area (Å²) in [5.41, 5.74) is 0.559. The number of rotatable bonds is 3. The van der Waals surface area contributed by atoms with Crippen LogP contribution in [0.3, 0.4) is 0 Å². The van der Waals surface area contributed by atoms with Crippen molar-refractivity contribution in [2.45, 2.75) is 18.7 Å². The largest absolute Gasteiger partial charge is 0.478 e. The van der Waals surface area contributed by atoms with Crippen molar-refractivity contribution in [3.8, 4) is 5.75 Å². The molecule has 1 N–H and O–H groups in total. The van der Waals surface area contributed by atoms with Crippen LogP contribution in [0, 0.1) is 0 Å². The molecule has 2 aromatic rings. The van der Waals surface area contributed by atoms with Gasteiger partial charge >= 0.3 is 12.1 Å². The Labute approximate surface area is 156 Å². The van der Waals surface area contributed by atoms with E-state index in [1.165, 1.54) is 12.1 Å². The highest BCUT2D eigenvalue weighted by Crippen LogP contribution is 2.40. The lowest BCUT2D eigenvalue weighted by Gasteiger charge is -2.27. The smallest absolute Gasteiger partial charge is 0.430 e. The lowest BCUT2D eigenvalue weighted by Crippen LogP contribution is -2.40. The Bertz CT molecular complexity index is 907. The maximum atomic E-state index is 13.2. The molecule has 0 aromatic heterocycles. The van der Waals surface area contributed by atoms with Crippen LogP contribution >= 0.6 is 23.2 Å². The third-order valence-electron chi connectivity index (χ3n) is 3.90. The van der Waals surface area contributed by atoms with Crippen molar-refractivity contribution in [3.63, 3.8) is 0 Å². The van der Waals surface area contributed by atoms with Gasteiger partial charge in [-0.15, -0.1) is 0 Å². The molecule has 8 heteroatoms. The average molecular weight is 403 g/mol. The first-order chi connectivity index (χ1) is 12.2. The molecule has 1 atom stereocenters. The van der Waals surface area contributed by atoms with E-state index in [1.807, 2.05) is 0 Å². The van der Waals surface area contributed by atoms with Gasteiger partial charge in [0, 0.05) is 22.0 Å². The summed E-state index contributed by atoms with van der Waals surface area (Å²) in [7, 11) is 0. The first kappa shape index (κ1) is 18.6. The van der Waals surface area contributed by atoms with E-state index in [9.17, 15) is 18.0 Å². The molecule has 1 unspecified atom stereocenters. The molecule has 0 saturated carbocycles. The molecule has 0 fully saturated rings. The Hall–Kier alpha value is -2.18. The second-order valence-corrected chi connectivity index (χ2v) is 6.51. The summed E-state index contributed by atoms with van der Waals surface area (Å²) in [5.74, 6) is -1.78. The van der Waals surface area contributed by atoms with Gasteiger partial charge in [-0.1, -0.05) is 41.4 Å². The van der Waals surface area contributed by atoms with E-state index in [0.717, 1.165) is 11.6 Å². The molecule has 3 rings (SSSR count). The molecule has 1 aliphatic heterocycles. The van der Waals surface area contributed by atoms with E-state index in [4.69, 9.17) is 33.0 Å². The minimum atomic E-state index is -4.86. The van der Waals surface area contributed by atoms with Crippen molar-refractivity contribution in [1.82, 2.24) is 0 Å². The second kappa shape index (κ2) is 6.85. The quantitative estimate of drug-likeness (QED) is 0.749. The van der Waals surface area contributed by atoms with Crippen LogP contribution in [0.25, 0.3) is 6.08 Å². The third kappa shape index (κ3) is 3.66. The minimum absolute atomic E-state index is 0.0798. The molecule has 2 aromatic carbocycles. The fourth-order valence-electron chi connectivity index (χ4n) is 2.66. The summed E-state index contributed by atoms with van der Waals surface area (Å²) in [6, 6.07) is 9.79. The molecule has 136 valence electrons. The van der Waals surface area contributed by atoms with Crippen molar-refractivity contribution in [2.24, 2.45) is 0 Å². The minimum Gasteiger partial charge on any atom is -0.478 e. The summed E-state index contributed by atoms with van der Waals surface area (Å²) in [5, 5.41) is 9.83. The van der Waals surface area contributed by atoms with E-state index in [0.29, 0.717) is 17.0 Å². The van der Waals surface area contributed by atoms with Crippen molar-refractivity contribution in [3.05, 3.63) is 68.7 Å². The van der Waals surface area contributed by atoms with Crippen LogP contribution in [0.1, 0.15) is 16.7 Å². The summed E-state index contributed by atoms with van der Waals surface area (Å²) < 4.78 is 44.4. The lowest BCUT2D eigenvalue weighted by molar-refractivity contribution is -0.187. The fourth-order valence-corrected chi connectivity index (χ4v) is 3.10. The zero-order valence-corrected chi connectivity index (χ0v) is 14.5. The van der Waals surface area contributed by atoms with Crippen LogP contribution in [0.4, 0.5) is 13.2 Å². The predicted molar refractivity (Wildman–Crippen MR) is 91.8 cm³/mol. The molecule has 26 heavy (non-hydrogen) atoms. The van der Waals surface area contributed by atoms with Gasteiger partial charge in [0.15, 0.2) is 0 Å². The molecule has 0 bridgehead atoms. The number of alkyl halides is 3. The van der Waals surface area contributed by atoms with E-state index in [1.54, 1.807) is 24.3 Å². The number of halogens is 5. The first-order valence-electron chi connectivity index (χ1n) is 7.41. The normalized spacial score (nSPS) is 16.5. The highest BCUT2D eigenvalue weighted by molar-refractivity contribution is 6.32. The van der Waals surface area contributed by atoms with Gasteiger partial charge in [-0.3, -0.25) is 0 Å². The number of carboxylic acid groups (broad SMARTS) is 1. The number of fused-ring (bicyclic) bond motifs is 1. The molecule has 0 saturated heterocycles. The third-order valence-corrected chi connectivity index (χ3v) is 4.62. The van der Waals surface area contributed by atoms with Crippen LogP contribution in [0.15, 0.2) is 42.0 Å². The maximum Gasteiger partial charge on any atom is 0.430 e. The first-order valence-corrected chi connectivity index (χ1v) is 8.16. The topological polar surface area (TPSA) is 46.5 Å². The second-order valence-electron chi connectivity index (χ2n) is 5.69. The highest BCUT2D eigenvalue weighted by atomic mass is 35.5. The Kier molecular flexibility index (Phi) is 4.90. The molecular formula is C18H11Cl2F3O3. The standard InChI is InChI=1S/C18H11Cl2F3O3/c19-13-4-2-1-3-9(13)5-10-8-15-11(7-14(10)20)6-12(17(24)25)16(26-15)18(21,22)23/h1-4,6-8,16H,5H2,(H,24,25). The molecule has 0 radical (unpaired) electrons. The summed E-state index contributed by atoms with van der Waals surface area (Å²) in [6.07, 6.45) is -6.17. The number of benzene rings is 2. The van der Waals surface area contributed by atoms with Crippen LogP contribution in [0.2, 0.25) is 10.0 Å². The number of carbonyl (C=O) groups is 1. The molecule has 1 heterocycles. The SMILES string of the molecule is O=C(O)C1=Cc2cc(Cl)c(Cc3ccccc3Cl)cc2OC1C(F)(F)F. The molecule has 1 aliphatic rings. The summed E-state index contributed by atoms with van der Waals surface area (Å²) in [4.78, 5) is 11.2.